The first kappa shape index (κ1) is 15.6. The van der Waals surface area contributed by atoms with Crippen molar-refractivity contribution in [1.82, 2.24) is 0 Å². The van der Waals surface area contributed by atoms with Gasteiger partial charge in [0.1, 0.15) is 0 Å². The van der Waals surface area contributed by atoms with Crippen molar-refractivity contribution in [3.8, 4) is 11.5 Å². The van der Waals surface area contributed by atoms with Crippen molar-refractivity contribution < 1.29 is 14.6 Å². The lowest BCUT2D eigenvalue weighted by Gasteiger charge is -2.06. The lowest BCUT2D eigenvalue weighted by molar-refractivity contribution is 0.104. The van der Waals surface area contributed by atoms with Gasteiger partial charge in [-0.2, -0.15) is 0 Å². The molecule has 2 aromatic carbocycles. The lowest BCUT2D eigenvalue weighted by atomic mass is 10.1. The highest BCUT2D eigenvalue weighted by molar-refractivity contribution is 14.1. The molecule has 4 heteroatoms. The number of phenolic OH excluding ortho intramolecular Hbond substituents is 1. The minimum atomic E-state index is -0.0583. The largest absolute Gasteiger partial charge is 0.504 e. The fourth-order valence-electron chi connectivity index (χ4n) is 1.83. The molecular weight excluding hydrogens is 379 g/mol. The Hall–Kier alpha value is -1.82. The van der Waals surface area contributed by atoms with E-state index in [0.717, 1.165) is 11.1 Å². The van der Waals surface area contributed by atoms with Crippen LogP contribution in [0.1, 0.15) is 21.5 Å². The predicted octanol–water partition coefficient (Wildman–Crippen LogP) is 4.21. The number of halogens is 1. The van der Waals surface area contributed by atoms with Crippen LogP contribution >= 0.6 is 22.6 Å². The van der Waals surface area contributed by atoms with Crippen LogP contribution in [0.4, 0.5) is 0 Å². The van der Waals surface area contributed by atoms with E-state index in [-0.39, 0.29) is 11.5 Å². The maximum absolute atomic E-state index is 12.1. The Balaban J connectivity index is 2.23. The minimum Gasteiger partial charge on any atom is -0.504 e. The number of ether oxygens (including phenoxy) is 1. The van der Waals surface area contributed by atoms with Gasteiger partial charge in [-0.05, 0) is 53.3 Å². The van der Waals surface area contributed by atoms with Gasteiger partial charge in [0.25, 0.3) is 0 Å². The summed E-state index contributed by atoms with van der Waals surface area (Å²) in [5, 5.41) is 9.78. The van der Waals surface area contributed by atoms with Crippen LogP contribution in [0.15, 0.2) is 42.5 Å². The fraction of sp³-hybridized carbons (Fsp3) is 0.118. The van der Waals surface area contributed by atoms with Crippen molar-refractivity contribution in [2.45, 2.75) is 6.92 Å². The zero-order valence-corrected chi connectivity index (χ0v) is 13.9. The smallest absolute Gasteiger partial charge is 0.185 e. The number of hydrogen-bond donors (Lipinski definition) is 1. The molecule has 108 valence electrons. The number of ketones is 1. The van der Waals surface area contributed by atoms with Gasteiger partial charge in [0.05, 0.1) is 10.7 Å². The maximum atomic E-state index is 12.1. The summed E-state index contributed by atoms with van der Waals surface area (Å²) in [5.74, 6) is 0.446. The molecule has 0 fully saturated rings. The van der Waals surface area contributed by atoms with Crippen LogP contribution in [0.5, 0.6) is 11.5 Å². The number of allylic oxidation sites excluding steroid dienone is 1. The second-order valence-electron chi connectivity index (χ2n) is 4.62. The standard InChI is InChI=1S/C17H15IO3/c1-11-3-6-13(7-4-11)15(19)8-5-12-9-14(18)17(20)16(10-12)21-2/h3-10,20H,1-2H3/b8-5+. The van der Waals surface area contributed by atoms with Gasteiger partial charge in [0.15, 0.2) is 17.3 Å². The Bertz CT molecular complexity index is 688. The number of aryl methyl sites for hydroxylation is 1. The van der Waals surface area contributed by atoms with Gasteiger partial charge in [0.2, 0.25) is 0 Å². The van der Waals surface area contributed by atoms with E-state index in [4.69, 9.17) is 4.74 Å². The summed E-state index contributed by atoms with van der Waals surface area (Å²) >= 11 is 2.02. The second-order valence-corrected chi connectivity index (χ2v) is 5.78. The van der Waals surface area contributed by atoms with Crippen molar-refractivity contribution in [2.24, 2.45) is 0 Å². The molecule has 0 aliphatic rings. The molecule has 0 aliphatic carbocycles. The van der Waals surface area contributed by atoms with Crippen LogP contribution < -0.4 is 4.74 Å². The van der Waals surface area contributed by atoms with Gasteiger partial charge < -0.3 is 9.84 Å². The molecule has 0 bridgehead atoms. The minimum absolute atomic E-state index is 0.0583. The number of hydrogen-bond acceptors (Lipinski definition) is 3. The third kappa shape index (κ3) is 3.85. The highest BCUT2D eigenvalue weighted by Gasteiger charge is 2.07. The topological polar surface area (TPSA) is 46.5 Å². The number of rotatable bonds is 4. The number of methoxy groups -OCH3 is 1. The third-order valence-electron chi connectivity index (χ3n) is 3.03. The van der Waals surface area contributed by atoms with E-state index >= 15 is 0 Å². The first-order valence-corrected chi connectivity index (χ1v) is 7.44. The first-order chi connectivity index (χ1) is 10.0. The molecule has 0 saturated heterocycles. The Labute approximate surface area is 137 Å². The van der Waals surface area contributed by atoms with Gasteiger partial charge in [0, 0.05) is 5.56 Å². The van der Waals surface area contributed by atoms with Gasteiger partial charge in [-0.25, -0.2) is 0 Å². The second kappa shape index (κ2) is 6.76. The molecule has 0 amide bonds. The third-order valence-corrected chi connectivity index (χ3v) is 3.86. The predicted molar refractivity (Wildman–Crippen MR) is 91.9 cm³/mol. The first-order valence-electron chi connectivity index (χ1n) is 6.37. The number of benzene rings is 2. The Morgan fingerprint density at radius 3 is 2.52 bits per heavy atom. The average molecular weight is 394 g/mol. The molecule has 2 rings (SSSR count). The zero-order valence-electron chi connectivity index (χ0n) is 11.8. The van der Waals surface area contributed by atoms with E-state index in [2.05, 4.69) is 0 Å². The summed E-state index contributed by atoms with van der Waals surface area (Å²) in [7, 11) is 1.50. The molecule has 0 heterocycles. The summed E-state index contributed by atoms with van der Waals surface area (Å²) in [6, 6.07) is 10.9. The van der Waals surface area contributed by atoms with Crippen molar-refractivity contribution in [3.05, 3.63) is 62.7 Å². The van der Waals surface area contributed by atoms with E-state index in [1.54, 1.807) is 18.2 Å². The highest BCUT2D eigenvalue weighted by atomic mass is 127. The number of phenols is 1. The highest BCUT2D eigenvalue weighted by Crippen LogP contribution is 2.32. The molecule has 21 heavy (non-hydrogen) atoms. The zero-order chi connectivity index (χ0) is 15.4. The molecule has 0 saturated carbocycles. The van der Waals surface area contributed by atoms with E-state index in [0.29, 0.717) is 14.9 Å². The van der Waals surface area contributed by atoms with Crippen LogP contribution in [0.3, 0.4) is 0 Å². The molecule has 0 aliphatic heterocycles. The van der Waals surface area contributed by atoms with E-state index < -0.39 is 0 Å². The molecule has 0 unspecified atom stereocenters. The van der Waals surface area contributed by atoms with Gasteiger partial charge in [-0.3, -0.25) is 4.79 Å². The molecule has 0 aromatic heterocycles. The van der Waals surface area contributed by atoms with Crippen molar-refractivity contribution in [3.63, 3.8) is 0 Å². The summed E-state index contributed by atoms with van der Waals surface area (Å²) in [6.07, 6.45) is 3.23. The summed E-state index contributed by atoms with van der Waals surface area (Å²) in [4.78, 5) is 12.1. The van der Waals surface area contributed by atoms with Crippen LogP contribution in [-0.4, -0.2) is 18.0 Å². The summed E-state index contributed by atoms with van der Waals surface area (Å²) in [6.45, 7) is 1.98. The van der Waals surface area contributed by atoms with Crippen LogP contribution in [-0.2, 0) is 0 Å². The summed E-state index contributed by atoms with van der Waals surface area (Å²) in [5.41, 5.74) is 2.57. The lowest BCUT2D eigenvalue weighted by Crippen LogP contribution is -1.94. The Morgan fingerprint density at radius 2 is 1.90 bits per heavy atom. The monoisotopic (exact) mass is 394 g/mol. The Kier molecular flexibility index (Phi) is 5.01. The number of aromatic hydroxyl groups is 1. The van der Waals surface area contributed by atoms with Gasteiger partial charge in [-0.15, -0.1) is 0 Å². The van der Waals surface area contributed by atoms with Crippen LogP contribution in [0, 0.1) is 10.5 Å². The van der Waals surface area contributed by atoms with Crippen molar-refractivity contribution >= 4 is 34.5 Å². The normalized spacial score (nSPS) is 10.8. The van der Waals surface area contributed by atoms with Gasteiger partial charge >= 0.3 is 0 Å². The average Bonchev–Trinajstić information content (AvgIpc) is 2.48. The summed E-state index contributed by atoms with van der Waals surface area (Å²) < 4.78 is 5.77. The number of carbonyl (C=O) groups excluding carboxylic acids is 1. The van der Waals surface area contributed by atoms with Crippen LogP contribution in [0.2, 0.25) is 0 Å². The molecular formula is C17H15IO3. The van der Waals surface area contributed by atoms with Crippen molar-refractivity contribution in [1.29, 1.82) is 0 Å². The molecule has 1 N–H and O–H groups in total. The molecule has 2 aromatic rings. The quantitative estimate of drug-likeness (QED) is 0.480. The van der Waals surface area contributed by atoms with E-state index in [1.165, 1.54) is 13.2 Å². The molecule has 0 spiro atoms. The van der Waals surface area contributed by atoms with E-state index in [9.17, 15) is 9.90 Å². The van der Waals surface area contributed by atoms with Crippen LogP contribution in [0.25, 0.3) is 6.08 Å². The van der Waals surface area contributed by atoms with E-state index in [1.807, 2.05) is 53.8 Å². The maximum Gasteiger partial charge on any atom is 0.185 e. The number of carbonyl (C=O) groups is 1. The van der Waals surface area contributed by atoms with Crippen molar-refractivity contribution in [2.75, 3.05) is 7.11 Å². The molecule has 3 nitrogen and oxygen atoms in total. The molecule has 0 radical (unpaired) electrons. The van der Waals surface area contributed by atoms with Gasteiger partial charge in [-0.1, -0.05) is 35.9 Å². The molecule has 0 atom stereocenters. The fourth-order valence-corrected chi connectivity index (χ4v) is 2.46. The Morgan fingerprint density at radius 1 is 1.24 bits per heavy atom. The SMILES string of the molecule is COc1cc(/C=C/C(=O)c2ccc(C)cc2)cc(I)c1O.